The van der Waals surface area contributed by atoms with E-state index in [4.69, 9.17) is 4.74 Å². The second kappa shape index (κ2) is 10.3. The molecule has 0 spiro atoms. The molecule has 6 nitrogen and oxygen atoms in total. The van der Waals surface area contributed by atoms with Crippen LogP contribution < -0.4 is 14.4 Å². The fourth-order valence-electron chi connectivity index (χ4n) is 3.09. The van der Waals surface area contributed by atoms with Gasteiger partial charge in [0.25, 0.3) is 5.91 Å². The molecule has 0 saturated carbocycles. The van der Waals surface area contributed by atoms with Crippen LogP contribution in [0.5, 0.6) is 5.75 Å². The third-order valence-corrected chi connectivity index (χ3v) is 6.26. The van der Waals surface area contributed by atoms with Crippen LogP contribution in [0.15, 0.2) is 65.1 Å². The average molecular weight is 539 g/mol. The standard InChI is InChI=1S/C23H21BrF2N2O4S/c1-3-32-22-11-4-15(23(29)27-21-10-5-17(24)13-20(21)26)12-16(22)14-28(33(2,30)31)19-8-6-18(25)7-9-19/h4-13H,3,14H2,1-2H3,(H,27,29). The number of ether oxygens (including phenoxy) is 1. The lowest BCUT2D eigenvalue weighted by molar-refractivity contribution is 0.102. The summed E-state index contributed by atoms with van der Waals surface area (Å²) in [6.07, 6.45) is 1.03. The number of hydrogen-bond donors (Lipinski definition) is 1. The van der Waals surface area contributed by atoms with E-state index in [2.05, 4.69) is 21.2 Å². The van der Waals surface area contributed by atoms with Crippen molar-refractivity contribution in [1.82, 2.24) is 0 Å². The maximum absolute atomic E-state index is 14.1. The van der Waals surface area contributed by atoms with Gasteiger partial charge in [-0.05, 0) is 67.6 Å². The molecule has 0 unspecified atom stereocenters. The van der Waals surface area contributed by atoms with Crippen molar-refractivity contribution in [1.29, 1.82) is 0 Å². The van der Waals surface area contributed by atoms with E-state index in [0.717, 1.165) is 22.7 Å². The molecule has 3 rings (SSSR count). The van der Waals surface area contributed by atoms with E-state index in [-0.39, 0.29) is 23.5 Å². The molecule has 1 N–H and O–H groups in total. The van der Waals surface area contributed by atoms with E-state index in [1.807, 2.05) is 0 Å². The lowest BCUT2D eigenvalue weighted by Crippen LogP contribution is -2.29. The van der Waals surface area contributed by atoms with Crippen LogP contribution in [0.25, 0.3) is 0 Å². The van der Waals surface area contributed by atoms with Gasteiger partial charge in [0.05, 0.1) is 30.8 Å². The molecule has 0 bridgehead atoms. The number of nitrogens with one attached hydrogen (secondary N) is 1. The maximum atomic E-state index is 14.1. The van der Waals surface area contributed by atoms with Gasteiger partial charge in [-0.25, -0.2) is 17.2 Å². The average Bonchev–Trinajstić information content (AvgIpc) is 2.75. The first-order valence-electron chi connectivity index (χ1n) is 9.84. The summed E-state index contributed by atoms with van der Waals surface area (Å²) in [5.41, 5.74) is 0.856. The van der Waals surface area contributed by atoms with E-state index < -0.39 is 27.6 Å². The lowest BCUT2D eigenvalue weighted by atomic mass is 10.1. The fourth-order valence-corrected chi connectivity index (χ4v) is 4.30. The quantitative estimate of drug-likeness (QED) is 0.419. The molecular formula is C23H21BrF2N2O4S. The molecule has 174 valence electrons. The molecule has 3 aromatic carbocycles. The van der Waals surface area contributed by atoms with E-state index in [1.54, 1.807) is 19.1 Å². The van der Waals surface area contributed by atoms with Crippen molar-refractivity contribution in [3.05, 3.63) is 87.9 Å². The molecule has 10 heteroatoms. The van der Waals surface area contributed by atoms with Gasteiger partial charge in [0.1, 0.15) is 17.4 Å². The van der Waals surface area contributed by atoms with Gasteiger partial charge < -0.3 is 10.1 Å². The van der Waals surface area contributed by atoms with Crippen LogP contribution in [0, 0.1) is 11.6 Å². The molecule has 1 amide bonds. The van der Waals surface area contributed by atoms with E-state index in [9.17, 15) is 22.0 Å². The monoisotopic (exact) mass is 538 g/mol. The summed E-state index contributed by atoms with van der Waals surface area (Å²) in [7, 11) is -3.75. The Hall–Kier alpha value is -2.98. The van der Waals surface area contributed by atoms with Crippen LogP contribution in [-0.2, 0) is 16.6 Å². The largest absolute Gasteiger partial charge is 0.494 e. The minimum Gasteiger partial charge on any atom is -0.494 e. The van der Waals surface area contributed by atoms with Gasteiger partial charge in [0.15, 0.2) is 0 Å². The predicted octanol–water partition coefficient (Wildman–Crippen LogP) is 5.34. The molecule has 0 saturated heterocycles. The van der Waals surface area contributed by atoms with Gasteiger partial charge >= 0.3 is 0 Å². The van der Waals surface area contributed by atoms with Crippen molar-refractivity contribution in [2.75, 3.05) is 22.5 Å². The summed E-state index contributed by atoms with van der Waals surface area (Å²) in [6, 6.07) is 13.8. The molecule has 0 aliphatic heterocycles. The van der Waals surface area contributed by atoms with Crippen LogP contribution in [0.4, 0.5) is 20.2 Å². The second-order valence-electron chi connectivity index (χ2n) is 7.08. The van der Waals surface area contributed by atoms with Crippen LogP contribution in [0.1, 0.15) is 22.8 Å². The summed E-state index contributed by atoms with van der Waals surface area (Å²) in [6.45, 7) is 1.93. The Morgan fingerprint density at radius 1 is 1.06 bits per heavy atom. The molecule has 0 aliphatic carbocycles. The highest BCUT2D eigenvalue weighted by molar-refractivity contribution is 9.10. The van der Waals surface area contributed by atoms with Crippen molar-refractivity contribution in [2.24, 2.45) is 0 Å². The summed E-state index contributed by atoms with van der Waals surface area (Å²) in [5.74, 6) is -1.29. The number of sulfonamides is 1. The molecular weight excluding hydrogens is 518 g/mol. The van der Waals surface area contributed by atoms with Crippen LogP contribution in [0.3, 0.4) is 0 Å². The summed E-state index contributed by atoms with van der Waals surface area (Å²) in [5, 5.41) is 2.50. The number of nitrogens with zero attached hydrogens (tertiary/aromatic N) is 1. The van der Waals surface area contributed by atoms with Gasteiger partial charge in [0.2, 0.25) is 10.0 Å². The second-order valence-corrected chi connectivity index (χ2v) is 9.90. The molecule has 0 radical (unpaired) electrons. The Morgan fingerprint density at radius 3 is 2.36 bits per heavy atom. The zero-order valence-corrected chi connectivity index (χ0v) is 20.2. The van der Waals surface area contributed by atoms with Crippen molar-refractivity contribution >= 4 is 43.2 Å². The molecule has 0 heterocycles. The Balaban J connectivity index is 1.96. The fraction of sp³-hybridized carbons (Fsp3) is 0.174. The molecule has 0 fully saturated rings. The highest BCUT2D eigenvalue weighted by Crippen LogP contribution is 2.28. The third kappa shape index (κ3) is 6.29. The first kappa shape index (κ1) is 24.7. The molecule has 0 aromatic heterocycles. The Morgan fingerprint density at radius 2 is 1.76 bits per heavy atom. The highest BCUT2D eigenvalue weighted by Gasteiger charge is 2.21. The van der Waals surface area contributed by atoms with Crippen molar-refractivity contribution in [3.8, 4) is 5.75 Å². The zero-order chi connectivity index (χ0) is 24.2. The molecule has 0 atom stereocenters. The van der Waals surface area contributed by atoms with Crippen molar-refractivity contribution in [3.63, 3.8) is 0 Å². The first-order chi connectivity index (χ1) is 15.6. The smallest absolute Gasteiger partial charge is 0.255 e. The van der Waals surface area contributed by atoms with Gasteiger partial charge in [-0.1, -0.05) is 15.9 Å². The van der Waals surface area contributed by atoms with E-state index in [0.29, 0.717) is 22.4 Å². The van der Waals surface area contributed by atoms with Gasteiger partial charge in [-0.2, -0.15) is 0 Å². The predicted molar refractivity (Wildman–Crippen MR) is 127 cm³/mol. The molecule has 3 aromatic rings. The SMILES string of the molecule is CCOc1ccc(C(=O)Nc2ccc(Br)cc2F)cc1CN(c1ccc(F)cc1)S(C)(=O)=O. The Labute approximate surface area is 199 Å². The normalized spacial score (nSPS) is 11.2. The number of hydrogen-bond acceptors (Lipinski definition) is 4. The van der Waals surface area contributed by atoms with Gasteiger partial charge in [-0.3, -0.25) is 9.10 Å². The van der Waals surface area contributed by atoms with Crippen LogP contribution in [-0.4, -0.2) is 27.2 Å². The Kier molecular flexibility index (Phi) is 7.70. The minimum absolute atomic E-state index is 0.00251. The van der Waals surface area contributed by atoms with Crippen LogP contribution in [0.2, 0.25) is 0 Å². The molecule has 0 aliphatic rings. The number of rotatable bonds is 8. The van der Waals surface area contributed by atoms with Gasteiger partial charge in [-0.15, -0.1) is 0 Å². The summed E-state index contributed by atoms with van der Waals surface area (Å²) >= 11 is 3.16. The number of carbonyl (C=O) groups is 1. The Bertz CT molecular complexity index is 1270. The first-order valence-corrected chi connectivity index (χ1v) is 12.5. The van der Waals surface area contributed by atoms with Gasteiger partial charge in [0, 0.05) is 15.6 Å². The van der Waals surface area contributed by atoms with Crippen molar-refractivity contribution in [2.45, 2.75) is 13.5 Å². The number of carbonyl (C=O) groups excluding carboxylic acids is 1. The number of amides is 1. The number of halogens is 3. The maximum Gasteiger partial charge on any atom is 0.255 e. The molecule has 33 heavy (non-hydrogen) atoms. The summed E-state index contributed by atoms with van der Waals surface area (Å²) < 4.78 is 59.7. The van der Waals surface area contributed by atoms with E-state index >= 15 is 0 Å². The summed E-state index contributed by atoms with van der Waals surface area (Å²) in [4.78, 5) is 12.8. The topological polar surface area (TPSA) is 75.7 Å². The van der Waals surface area contributed by atoms with Crippen molar-refractivity contribution < 1.29 is 26.7 Å². The zero-order valence-electron chi connectivity index (χ0n) is 17.8. The number of benzene rings is 3. The highest BCUT2D eigenvalue weighted by atomic mass is 79.9. The minimum atomic E-state index is -3.75. The third-order valence-electron chi connectivity index (χ3n) is 4.63. The van der Waals surface area contributed by atoms with Crippen LogP contribution >= 0.6 is 15.9 Å². The van der Waals surface area contributed by atoms with E-state index in [1.165, 1.54) is 36.4 Å². The lowest BCUT2D eigenvalue weighted by Gasteiger charge is -2.24. The number of anilines is 2.